The first-order chi connectivity index (χ1) is 7.65. The number of nitrogens with zero attached hydrogens (tertiary/aromatic N) is 2. The van der Waals surface area contributed by atoms with Gasteiger partial charge in [0.05, 0.1) is 0 Å². The number of halogens is 1. The highest BCUT2D eigenvalue weighted by atomic mass is 127. The van der Waals surface area contributed by atoms with Crippen LogP contribution in [0.15, 0.2) is 0 Å². The summed E-state index contributed by atoms with van der Waals surface area (Å²) < 4.78 is 27.4. The van der Waals surface area contributed by atoms with E-state index in [0.717, 1.165) is 19.4 Å². The van der Waals surface area contributed by atoms with Crippen molar-refractivity contribution in [3.63, 3.8) is 0 Å². The summed E-state index contributed by atoms with van der Waals surface area (Å²) in [6.45, 7) is 7.19. The molecule has 0 amide bonds. The first-order valence-corrected chi connectivity index (χ1v) is 8.18. The Morgan fingerprint density at radius 2 is 2.00 bits per heavy atom. The van der Waals surface area contributed by atoms with Crippen LogP contribution >= 0.6 is 22.9 Å². The van der Waals surface area contributed by atoms with Gasteiger partial charge in [-0.1, -0.05) is 0 Å². The maximum Gasteiger partial charge on any atom is 0.290 e. The summed E-state index contributed by atoms with van der Waals surface area (Å²) in [6, 6.07) is 0.291. The number of rotatable bonds is 4. The smallest absolute Gasteiger partial charge is 0.290 e. The van der Waals surface area contributed by atoms with E-state index in [0.29, 0.717) is 12.6 Å². The fourth-order valence-corrected chi connectivity index (χ4v) is 3.99. The SMILES string of the molecule is CN(CC1CCCN1)S(=O)(=O)N(I)C(C)(C)C. The Morgan fingerprint density at radius 3 is 2.41 bits per heavy atom. The van der Waals surface area contributed by atoms with E-state index in [1.54, 1.807) is 7.05 Å². The zero-order valence-electron chi connectivity index (χ0n) is 10.9. The van der Waals surface area contributed by atoms with Gasteiger partial charge >= 0.3 is 0 Å². The van der Waals surface area contributed by atoms with Crippen LogP contribution in [0.5, 0.6) is 0 Å². The van der Waals surface area contributed by atoms with Gasteiger partial charge in [-0.25, -0.2) is 0 Å². The Labute approximate surface area is 119 Å². The van der Waals surface area contributed by atoms with Crippen LogP contribution < -0.4 is 5.32 Å². The fraction of sp³-hybridized carbons (Fsp3) is 1.00. The van der Waals surface area contributed by atoms with Crippen molar-refractivity contribution in [3.8, 4) is 0 Å². The Morgan fingerprint density at radius 1 is 1.41 bits per heavy atom. The standard InChI is InChI=1S/C10H22IN3O2S/c1-10(2,3)14(11)17(15,16)13(4)8-9-6-5-7-12-9/h9,12H,5-8H2,1-4H3. The third-order valence-electron chi connectivity index (χ3n) is 2.76. The van der Waals surface area contributed by atoms with Crippen molar-refractivity contribution in [3.05, 3.63) is 0 Å². The molecule has 0 aliphatic carbocycles. The van der Waals surface area contributed by atoms with E-state index in [9.17, 15) is 8.42 Å². The van der Waals surface area contributed by atoms with Gasteiger partial charge in [-0.15, -0.1) is 2.52 Å². The van der Waals surface area contributed by atoms with Gasteiger partial charge in [0.1, 0.15) is 0 Å². The monoisotopic (exact) mass is 375 g/mol. The molecule has 1 atom stereocenters. The normalized spacial score (nSPS) is 22.6. The van der Waals surface area contributed by atoms with Gasteiger partial charge in [-0.3, -0.25) is 0 Å². The van der Waals surface area contributed by atoms with E-state index in [-0.39, 0.29) is 0 Å². The Kier molecular flexibility index (Phi) is 5.22. The molecular weight excluding hydrogens is 353 g/mol. The highest BCUT2D eigenvalue weighted by Crippen LogP contribution is 2.25. The molecule has 5 nitrogen and oxygen atoms in total. The van der Waals surface area contributed by atoms with Gasteiger partial charge in [0, 0.05) is 48.0 Å². The molecule has 0 saturated carbocycles. The molecule has 1 unspecified atom stereocenters. The molecule has 7 heteroatoms. The maximum atomic E-state index is 12.3. The molecule has 17 heavy (non-hydrogen) atoms. The van der Waals surface area contributed by atoms with E-state index in [2.05, 4.69) is 5.32 Å². The van der Waals surface area contributed by atoms with E-state index >= 15 is 0 Å². The van der Waals surface area contributed by atoms with Crippen molar-refractivity contribution < 1.29 is 8.42 Å². The lowest BCUT2D eigenvalue weighted by molar-refractivity contribution is 0.348. The van der Waals surface area contributed by atoms with Crippen LogP contribution in [0.3, 0.4) is 0 Å². The summed E-state index contributed by atoms with van der Waals surface area (Å²) in [4.78, 5) is 0. The van der Waals surface area contributed by atoms with Crippen LogP contribution in [-0.4, -0.2) is 47.0 Å². The van der Waals surface area contributed by atoms with Crippen LogP contribution in [0.4, 0.5) is 0 Å². The molecular formula is C10H22IN3O2S. The molecule has 0 aromatic rings. The van der Waals surface area contributed by atoms with E-state index in [1.165, 1.54) is 6.82 Å². The Bertz CT molecular complexity index is 347. The van der Waals surface area contributed by atoms with E-state index in [4.69, 9.17) is 0 Å². The van der Waals surface area contributed by atoms with Crippen LogP contribution in [0.25, 0.3) is 0 Å². The van der Waals surface area contributed by atoms with Gasteiger partial charge in [-0.2, -0.15) is 12.7 Å². The minimum absolute atomic E-state index is 0.291. The van der Waals surface area contributed by atoms with Crippen molar-refractivity contribution in [1.82, 2.24) is 12.1 Å². The summed E-state index contributed by atoms with van der Waals surface area (Å²) in [5.74, 6) is 0. The molecule has 0 spiro atoms. The first kappa shape index (κ1) is 15.6. The third kappa shape index (κ3) is 4.02. The van der Waals surface area contributed by atoms with Gasteiger partial charge in [0.15, 0.2) is 0 Å². The number of nitrogens with one attached hydrogen (secondary N) is 1. The van der Waals surface area contributed by atoms with Gasteiger partial charge in [-0.05, 0) is 40.2 Å². The Balaban J connectivity index is 2.69. The third-order valence-corrected chi connectivity index (χ3v) is 7.59. The number of hydrogen-bond acceptors (Lipinski definition) is 3. The summed E-state index contributed by atoms with van der Waals surface area (Å²) in [7, 11) is -1.73. The van der Waals surface area contributed by atoms with Crippen molar-refractivity contribution in [2.45, 2.75) is 45.2 Å². The molecule has 1 aliphatic rings. The van der Waals surface area contributed by atoms with Crippen molar-refractivity contribution in [2.24, 2.45) is 0 Å². The van der Waals surface area contributed by atoms with Crippen molar-refractivity contribution in [2.75, 3.05) is 20.1 Å². The van der Waals surface area contributed by atoms with Gasteiger partial charge in [0.2, 0.25) is 0 Å². The maximum absolute atomic E-state index is 12.3. The molecule has 1 saturated heterocycles. The largest absolute Gasteiger partial charge is 0.313 e. The van der Waals surface area contributed by atoms with Crippen LogP contribution in [-0.2, 0) is 10.2 Å². The second-order valence-electron chi connectivity index (χ2n) is 5.47. The molecule has 1 N–H and O–H groups in total. The lowest BCUT2D eigenvalue weighted by Gasteiger charge is -2.32. The lowest BCUT2D eigenvalue weighted by atomic mass is 10.1. The van der Waals surface area contributed by atoms with E-state index < -0.39 is 15.7 Å². The molecule has 1 heterocycles. The van der Waals surface area contributed by atoms with Gasteiger partial charge < -0.3 is 5.32 Å². The summed E-state index contributed by atoms with van der Waals surface area (Å²) in [5.41, 5.74) is -0.406. The number of likely N-dealkylation sites (N-methyl/N-ethyl adjacent to an activating group) is 1. The van der Waals surface area contributed by atoms with Crippen molar-refractivity contribution in [1.29, 1.82) is 0 Å². The summed E-state index contributed by atoms with van der Waals surface area (Å²) in [6.07, 6.45) is 2.18. The van der Waals surface area contributed by atoms with Crippen molar-refractivity contribution >= 4 is 33.1 Å². The van der Waals surface area contributed by atoms with Crippen LogP contribution in [0.1, 0.15) is 33.6 Å². The minimum Gasteiger partial charge on any atom is -0.313 e. The fourth-order valence-electron chi connectivity index (χ4n) is 1.79. The first-order valence-electron chi connectivity index (χ1n) is 5.81. The predicted molar refractivity (Wildman–Crippen MR) is 78.2 cm³/mol. The summed E-state index contributed by atoms with van der Waals surface area (Å²) in [5, 5.41) is 3.31. The molecule has 0 radical (unpaired) electrons. The number of hydrogen-bond donors (Lipinski definition) is 1. The zero-order valence-corrected chi connectivity index (χ0v) is 13.9. The predicted octanol–water partition coefficient (Wildman–Crippen LogP) is 1.37. The second-order valence-corrected chi connectivity index (χ2v) is 8.97. The second kappa shape index (κ2) is 5.68. The zero-order chi connectivity index (χ0) is 13.3. The molecule has 1 rings (SSSR count). The molecule has 0 aromatic carbocycles. The average Bonchev–Trinajstić information content (AvgIpc) is 2.67. The molecule has 0 bridgehead atoms. The van der Waals surface area contributed by atoms with E-state index in [1.807, 2.05) is 43.6 Å². The average molecular weight is 375 g/mol. The molecule has 102 valence electrons. The minimum atomic E-state index is -3.37. The topological polar surface area (TPSA) is 52.7 Å². The lowest BCUT2D eigenvalue weighted by Crippen LogP contribution is -2.48. The van der Waals surface area contributed by atoms with Crippen LogP contribution in [0, 0.1) is 0 Å². The van der Waals surface area contributed by atoms with Crippen LogP contribution in [0.2, 0.25) is 0 Å². The quantitative estimate of drug-likeness (QED) is 0.597. The highest BCUT2D eigenvalue weighted by Gasteiger charge is 2.35. The molecule has 0 aromatic heterocycles. The Hall–Kier alpha value is 0.560. The molecule has 1 aliphatic heterocycles. The highest BCUT2D eigenvalue weighted by molar-refractivity contribution is 14.1. The van der Waals surface area contributed by atoms with Gasteiger partial charge in [0.25, 0.3) is 10.2 Å². The summed E-state index contributed by atoms with van der Waals surface area (Å²) >= 11 is 1.88. The molecule has 1 fully saturated rings.